The lowest BCUT2D eigenvalue weighted by molar-refractivity contribution is 0.119. The van der Waals surface area contributed by atoms with E-state index in [0.717, 1.165) is 63.1 Å². The number of nitrogens with zero attached hydrogens (tertiary/aromatic N) is 4. The zero-order valence-corrected chi connectivity index (χ0v) is 18.4. The van der Waals surface area contributed by atoms with Crippen molar-refractivity contribution in [2.75, 3.05) is 74.6 Å². The zero-order chi connectivity index (χ0) is 20.5. The third-order valence-corrected chi connectivity index (χ3v) is 5.47. The van der Waals surface area contributed by atoms with Crippen molar-refractivity contribution in [1.29, 1.82) is 0 Å². The van der Waals surface area contributed by atoms with Crippen LogP contribution >= 0.6 is 0 Å². The Morgan fingerprint density at radius 2 is 1.86 bits per heavy atom. The molecule has 1 N–H and O–H groups in total. The molecule has 28 heavy (non-hydrogen) atoms. The van der Waals surface area contributed by atoms with Crippen LogP contribution in [-0.2, 0) is 6.42 Å². The van der Waals surface area contributed by atoms with E-state index in [4.69, 9.17) is 9.47 Å². The number of nitrogens with one attached hydrogen (secondary N) is 1. The Kier molecular flexibility index (Phi) is 8.86. The maximum Gasteiger partial charge on any atom is 0.193 e. The number of guanidine groups is 1. The van der Waals surface area contributed by atoms with E-state index in [9.17, 15) is 0 Å². The summed E-state index contributed by atoms with van der Waals surface area (Å²) in [4.78, 5) is 11.6. The molecule has 1 fully saturated rings. The Hall–Kier alpha value is -1.99. The van der Waals surface area contributed by atoms with Crippen LogP contribution in [0.2, 0.25) is 0 Å². The first kappa shape index (κ1) is 22.3. The van der Waals surface area contributed by atoms with Crippen LogP contribution in [0.5, 0.6) is 11.5 Å². The molecule has 0 bridgehead atoms. The van der Waals surface area contributed by atoms with Gasteiger partial charge in [0, 0.05) is 59.4 Å². The van der Waals surface area contributed by atoms with E-state index in [0.29, 0.717) is 6.04 Å². The minimum absolute atomic E-state index is 0.490. The Balaban J connectivity index is 1.82. The molecule has 1 heterocycles. The highest BCUT2D eigenvalue weighted by Gasteiger charge is 2.19. The van der Waals surface area contributed by atoms with Gasteiger partial charge < -0.3 is 24.6 Å². The average Bonchev–Trinajstić information content (AvgIpc) is 2.72. The molecule has 158 valence electrons. The van der Waals surface area contributed by atoms with Crippen LogP contribution in [0, 0.1) is 0 Å². The van der Waals surface area contributed by atoms with Gasteiger partial charge in [-0.25, -0.2) is 0 Å². The first-order chi connectivity index (χ1) is 13.5. The predicted molar refractivity (Wildman–Crippen MR) is 116 cm³/mol. The maximum absolute atomic E-state index is 5.40. The topological polar surface area (TPSA) is 52.6 Å². The van der Waals surface area contributed by atoms with Crippen LogP contribution < -0.4 is 14.8 Å². The second-order valence-corrected chi connectivity index (χ2v) is 7.48. The normalized spacial score (nSPS) is 17.3. The van der Waals surface area contributed by atoms with Crippen LogP contribution in [0.4, 0.5) is 0 Å². The van der Waals surface area contributed by atoms with Gasteiger partial charge in [0.2, 0.25) is 0 Å². The fourth-order valence-electron chi connectivity index (χ4n) is 3.45. The van der Waals surface area contributed by atoms with Crippen LogP contribution in [0.1, 0.15) is 12.5 Å². The van der Waals surface area contributed by atoms with Crippen molar-refractivity contribution >= 4 is 5.96 Å². The number of ether oxygens (including phenoxy) is 2. The van der Waals surface area contributed by atoms with Crippen LogP contribution in [0.15, 0.2) is 23.2 Å². The van der Waals surface area contributed by atoms with Gasteiger partial charge in [0.1, 0.15) is 0 Å². The summed E-state index contributed by atoms with van der Waals surface area (Å²) in [5.41, 5.74) is 1.21. The van der Waals surface area contributed by atoms with Crippen molar-refractivity contribution in [2.45, 2.75) is 19.4 Å². The molecule has 1 aromatic carbocycles. The third kappa shape index (κ3) is 6.27. The van der Waals surface area contributed by atoms with Gasteiger partial charge in [-0.15, -0.1) is 0 Å². The van der Waals surface area contributed by atoms with E-state index < -0.39 is 0 Å². The van der Waals surface area contributed by atoms with Crippen molar-refractivity contribution in [3.63, 3.8) is 0 Å². The van der Waals surface area contributed by atoms with E-state index in [1.165, 1.54) is 5.56 Å². The average molecular weight is 392 g/mol. The third-order valence-electron chi connectivity index (χ3n) is 5.47. The number of rotatable bonds is 8. The molecular weight excluding hydrogens is 354 g/mol. The van der Waals surface area contributed by atoms with Gasteiger partial charge >= 0.3 is 0 Å². The minimum Gasteiger partial charge on any atom is -0.493 e. The summed E-state index contributed by atoms with van der Waals surface area (Å²) < 4.78 is 10.7. The maximum atomic E-state index is 5.40. The fourth-order valence-corrected chi connectivity index (χ4v) is 3.45. The number of piperazine rings is 1. The summed E-state index contributed by atoms with van der Waals surface area (Å²) in [7, 11) is 9.44. The van der Waals surface area contributed by atoms with Crippen LogP contribution in [0.3, 0.4) is 0 Å². The second kappa shape index (κ2) is 11.1. The van der Waals surface area contributed by atoms with Crippen LogP contribution in [-0.4, -0.2) is 101 Å². The number of methoxy groups -OCH3 is 2. The van der Waals surface area contributed by atoms with Crippen molar-refractivity contribution in [2.24, 2.45) is 4.99 Å². The monoisotopic (exact) mass is 391 g/mol. The van der Waals surface area contributed by atoms with Gasteiger partial charge in [-0.3, -0.25) is 9.89 Å². The lowest BCUT2D eigenvalue weighted by Crippen LogP contribution is -2.52. The smallest absolute Gasteiger partial charge is 0.193 e. The first-order valence-corrected chi connectivity index (χ1v) is 10.0. The Morgan fingerprint density at radius 3 is 2.46 bits per heavy atom. The Labute approximate surface area is 170 Å². The fraction of sp³-hybridized carbons (Fsp3) is 0.667. The predicted octanol–water partition coefficient (Wildman–Crippen LogP) is 1.39. The van der Waals surface area contributed by atoms with E-state index in [1.54, 1.807) is 14.2 Å². The summed E-state index contributed by atoms with van der Waals surface area (Å²) in [6, 6.07) is 6.57. The summed E-state index contributed by atoms with van der Waals surface area (Å²) in [6.45, 7) is 8.61. The van der Waals surface area contributed by atoms with Gasteiger partial charge in [-0.1, -0.05) is 6.07 Å². The van der Waals surface area contributed by atoms with Gasteiger partial charge in [-0.2, -0.15) is 0 Å². The molecule has 7 heteroatoms. The molecule has 7 nitrogen and oxygen atoms in total. The lowest BCUT2D eigenvalue weighted by atomic mass is 10.1. The van der Waals surface area contributed by atoms with Gasteiger partial charge in [0.15, 0.2) is 17.5 Å². The van der Waals surface area contributed by atoms with Gasteiger partial charge in [0.05, 0.1) is 14.2 Å². The molecule has 1 atom stereocenters. The summed E-state index contributed by atoms with van der Waals surface area (Å²) in [5, 5.41) is 3.53. The van der Waals surface area contributed by atoms with Crippen molar-refractivity contribution in [1.82, 2.24) is 20.0 Å². The molecule has 0 saturated carbocycles. The minimum atomic E-state index is 0.490. The number of aliphatic imine (C=N–C) groups is 1. The molecule has 0 amide bonds. The van der Waals surface area contributed by atoms with E-state index >= 15 is 0 Å². The first-order valence-electron chi connectivity index (χ1n) is 10.0. The quantitative estimate of drug-likeness (QED) is 0.534. The van der Waals surface area contributed by atoms with Crippen molar-refractivity contribution in [3.05, 3.63) is 23.8 Å². The largest absolute Gasteiger partial charge is 0.493 e. The second-order valence-electron chi connectivity index (χ2n) is 7.48. The summed E-state index contributed by atoms with van der Waals surface area (Å²) in [5.74, 6) is 2.46. The molecule has 0 radical (unpaired) electrons. The van der Waals surface area contributed by atoms with Crippen molar-refractivity contribution < 1.29 is 9.47 Å². The molecule has 1 aliphatic rings. The molecular formula is C21H37N5O2. The number of hydrogen-bond donors (Lipinski definition) is 1. The molecule has 1 saturated heterocycles. The Morgan fingerprint density at radius 1 is 1.18 bits per heavy atom. The molecule has 2 rings (SSSR count). The van der Waals surface area contributed by atoms with Gasteiger partial charge in [0.25, 0.3) is 0 Å². The van der Waals surface area contributed by atoms with E-state index in [2.05, 4.69) is 52.1 Å². The molecule has 1 aromatic rings. The molecule has 0 aromatic heterocycles. The van der Waals surface area contributed by atoms with E-state index in [-0.39, 0.29) is 0 Å². The zero-order valence-electron chi connectivity index (χ0n) is 18.4. The standard InChI is InChI=1S/C21H37N5O2/c1-17(26-13-11-24(3)12-14-26)16-23-21(22-2)25(4)10-9-18-7-8-19(27-5)20(15-18)28-6/h7-8,15,17H,9-14,16H2,1-6H3,(H,22,23). The highest BCUT2D eigenvalue weighted by molar-refractivity contribution is 5.79. The number of hydrogen-bond acceptors (Lipinski definition) is 5. The highest BCUT2D eigenvalue weighted by atomic mass is 16.5. The summed E-state index contributed by atoms with van der Waals surface area (Å²) in [6.07, 6.45) is 0.908. The van der Waals surface area contributed by atoms with Gasteiger partial charge in [-0.05, 0) is 38.1 Å². The lowest BCUT2D eigenvalue weighted by Gasteiger charge is -2.37. The molecule has 0 spiro atoms. The number of benzene rings is 1. The SMILES string of the molecule is CN=C(NCC(C)N1CCN(C)CC1)N(C)CCc1ccc(OC)c(OC)c1. The van der Waals surface area contributed by atoms with Crippen molar-refractivity contribution in [3.8, 4) is 11.5 Å². The number of likely N-dealkylation sites (N-methyl/N-ethyl adjacent to an activating group) is 2. The Bertz CT molecular complexity index is 629. The molecule has 0 aliphatic carbocycles. The van der Waals surface area contributed by atoms with E-state index in [1.807, 2.05) is 19.2 Å². The summed E-state index contributed by atoms with van der Waals surface area (Å²) >= 11 is 0. The molecule has 1 aliphatic heterocycles. The van der Waals surface area contributed by atoms with Crippen LogP contribution in [0.25, 0.3) is 0 Å². The highest BCUT2D eigenvalue weighted by Crippen LogP contribution is 2.27. The molecule has 1 unspecified atom stereocenters.